The number of aryl methyl sites for hydroxylation is 2. The number of pyridine rings is 1. The molecule has 2 aromatic rings. The Hall–Kier alpha value is -0.120. The van der Waals surface area contributed by atoms with Crippen LogP contribution in [-0.4, -0.2) is 4.98 Å². The van der Waals surface area contributed by atoms with Gasteiger partial charge in [0.2, 0.25) is 0 Å². The number of hydrogen-bond acceptors (Lipinski definition) is 1. The van der Waals surface area contributed by atoms with Crippen LogP contribution in [0.2, 0.25) is 5.02 Å². The van der Waals surface area contributed by atoms with Crippen LogP contribution in [0.5, 0.6) is 0 Å². The number of rotatable bonds is 0. The molecule has 0 fully saturated rings. The largest absolute Gasteiger partial charge is 0.251 e. The van der Waals surface area contributed by atoms with E-state index in [1.165, 1.54) is 0 Å². The third-order valence-electron chi connectivity index (χ3n) is 2.29. The summed E-state index contributed by atoms with van der Waals surface area (Å²) in [6, 6.07) is 4.07. The standard InChI is InChI=1S/C11H8Br2ClN/c1-5-3-7(12)4-8-9(13)10(14)6(2)15-11(5)8/h3-4H,1-2H3. The third kappa shape index (κ3) is 1.93. The van der Waals surface area contributed by atoms with E-state index in [0.29, 0.717) is 5.02 Å². The monoisotopic (exact) mass is 347 g/mol. The number of hydrogen-bond donors (Lipinski definition) is 0. The normalized spacial score (nSPS) is 11.0. The summed E-state index contributed by atoms with van der Waals surface area (Å²) in [5, 5.41) is 1.72. The number of halogens is 3. The molecule has 0 atom stereocenters. The first-order valence-electron chi connectivity index (χ1n) is 4.42. The third-order valence-corrected chi connectivity index (χ3v) is 4.26. The maximum absolute atomic E-state index is 6.14. The molecule has 0 spiro atoms. The number of fused-ring (bicyclic) bond motifs is 1. The van der Waals surface area contributed by atoms with Gasteiger partial charge in [0.1, 0.15) is 0 Å². The average Bonchev–Trinajstić information content (AvgIpc) is 2.17. The smallest absolute Gasteiger partial charge is 0.0767 e. The zero-order valence-electron chi connectivity index (χ0n) is 8.24. The van der Waals surface area contributed by atoms with Gasteiger partial charge in [0.05, 0.1) is 16.2 Å². The first kappa shape index (κ1) is 11.4. The first-order valence-corrected chi connectivity index (χ1v) is 6.38. The highest BCUT2D eigenvalue weighted by Gasteiger charge is 2.10. The zero-order valence-corrected chi connectivity index (χ0v) is 12.2. The summed E-state index contributed by atoms with van der Waals surface area (Å²) in [7, 11) is 0. The summed E-state index contributed by atoms with van der Waals surface area (Å²) in [5.41, 5.74) is 2.98. The average molecular weight is 349 g/mol. The quantitative estimate of drug-likeness (QED) is 0.650. The van der Waals surface area contributed by atoms with E-state index in [4.69, 9.17) is 11.6 Å². The molecule has 15 heavy (non-hydrogen) atoms. The maximum Gasteiger partial charge on any atom is 0.0767 e. The lowest BCUT2D eigenvalue weighted by atomic mass is 10.1. The molecule has 0 radical (unpaired) electrons. The number of aromatic nitrogens is 1. The molecule has 0 saturated carbocycles. The van der Waals surface area contributed by atoms with Crippen molar-refractivity contribution in [1.29, 1.82) is 0 Å². The molecule has 1 aromatic carbocycles. The van der Waals surface area contributed by atoms with Gasteiger partial charge in [-0.05, 0) is 47.5 Å². The van der Waals surface area contributed by atoms with Crippen LogP contribution in [0, 0.1) is 13.8 Å². The zero-order chi connectivity index (χ0) is 11.2. The van der Waals surface area contributed by atoms with Crippen molar-refractivity contribution in [2.75, 3.05) is 0 Å². The van der Waals surface area contributed by atoms with Crippen molar-refractivity contribution in [1.82, 2.24) is 4.98 Å². The minimum absolute atomic E-state index is 0.681. The highest BCUT2D eigenvalue weighted by atomic mass is 79.9. The van der Waals surface area contributed by atoms with Crippen LogP contribution in [0.4, 0.5) is 0 Å². The van der Waals surface area contributed by atoms with Crippen molar-refractivity contribution in [3.05, 3.63) is 37.4 Å². The summed E-state index contributed by atoms with van der Waals surface area (Å²) in [4.78, 5) is 4.49. The molecular weight excluding hydrogens is 341 g/mol. The van der Waals surface area contributed by atoms with Gasteiger partial charge in [0, 0.05) is 14.3 Å². The Labute approximate surface area is 110 Å². The van der Waals surface area contributed by atoms with Crippen LogP contribution in [0.25, 0.3) is 10.9 Å². The van der Waals surface area contributed by atoms with E-state index < -0.39 is 0 Å². The van der Waals surface area contributed by atoms with E-state index in [9.17, 15) is 0 Å². The Balaban J connectivity index is 2.98. The van der Waals surface area contributed by atoms with Crippen molar-refractivity contribution in [2.45, 2.75) is 13.8 Å². The van der Waals surface area contributed by atoms with E-state index in [2.05, 4.69) is 42.9 Å². The molecule has 1 aromatic heterocycles. The van der Waals surface area contributed by atoms with Crippen molar-refractivity contribution < 1.29 is 0 Å². The van der Waals surface area contributed by atoms with Crippen molar-refractivity contribution in [3.8, 4) is 0 Å². The molecular formula is C11H8Br2ClN. The molecule has 78 valence electrons. The fraction of sp³-hybridized carbons (Fsp3) is 0.182. The van der Waals surface area contributed by atoms with Crippen LogP contribution in [0.1, 0.15) is 11.3 Å². The van der Waals surface area contributed by atoms with Gasteiger partial charge in [-0.3, -0.25) is 4.98 Å². The Morgan fingerprint density at radius 2 is 1.87 bits per heavy atom. The molecule has 1 nitrogen and oxygen atoms in total. The van der Waals surface area contributed by atoms with Gasteiger partial charge in [0.15, 0.2) is 0 Å². The molecule has 0 amide bonds. The Bertz CT molecular complexity index is 552. The summed E-state index contributed by atoms with van der Waals surface area (Å²) in [6.07, 6.45) is 0. The minimum atomic E-state index is 0.681. The second-order valence-corrected chi connectivity index (χ2v) is 5.53. The lowest BCUT2D eigenvalue weighted by Gasteiger charge is -2.08. The summed E-state index contributed by atoms with van der Waals surface area (Å²) >= 11 is 13.1. The van der Waals surface area contributed by atoms with Gasteiger partial charge in [-0.1, -0.05) is 27.5 Å². The molecule has 2 rings (SSSR count). The minimum Gasteiger partial charge on any atom is -0.251 e. The van der Waals surface area contributed by atoms with Crippen LogP contribution < -0.4 is 0 Å². The second kappa shape index (κ2) is 4.04. The molecule has 0 aliphatic rings. The number of nitrogens with zero attached hydrogens (tertiary/aromatic N) is 1. The van der Waals surface area contributed by atoms with E-state index in [-0.39, 0.29) is 0 Å². The Morgan fingerprint density at radius 1 is 1.20 bits per heavy atom. The summed E-state index contributed by atoms with van der Waals surface area (Å²) in [6.45, 7) is 3.95. The molecule has 0 aliphatic heterocycles. The topological polar surface area (TPSA) is 12.9 Å². The van der Waals surface area contributed by atoms with Gasteiger partial charge in [-0.2, -0.15) is 0 Å². The van der Waals surface area contributed by atoms with E-state index >= 15 is 0 Å². The van der Waals surface area contributed by atoms with Crippen molar-refractivity contribution in [2.24, 2.45) is 0 Å². The second-order valence-electron chi connectivity index (χ2n) is 3.44. The van der Waals surface area contributed by atoms with Gasteiger partial charge in [-0.15, -0.1) is 0 Å². The molecule has 0 bridgehead atoms. The lowest BCUT2D eigenvalue weighted by molar-refractivity contribution is 1.23. The Kier molecular flexibility index (Phi) is 3.06. The fourth-order valence-electron chi connectivity index (χ4n) is 1.55. The van der Waals surface area contributed by atoms with Gasteiger partial charge in [-0.25, -0.2) is 0 Å². The molecule has 0 aliphatic carbocycles. The van der Waals surface area contributed by atoms with Gasteiger partial charge >= 0.3 is 0 Å². The van der Waals surface area contributed by atoms with E-state index in [0.717, 1.165) is 31.1 Å². The molecule has 4 heteroatoms. The number of benzene rings is 1. The molecule has 0 saturated heterocycles. The van der Waals surface area contributed by atoms with E-state index in [1.54, 1.807) is 0 Å². The predicted molar refractivity (Wildman–Crippen MR) is 71.6 cm³/mol. The van der Waals surface area contributed by atoms with E-state index in [1.807, 2.05) is 19.9 Å². The van der Waals surface area contributed by atoms with Crippen molar-refractivity contribution in [3.63, 3.8) is 0 Å². The van der Waals surface area contributed by atoms with Crippen LogP contribution in [0.15, 0.2) is 21.1 Å². The highest BCUT2D eigenvalue weighted by molar-refractivity contribution is 9.11. The van der Waals surface area contributed by atoms with Crippen LogP contribution in [-0.2, 0) is 0 Å². The van der Waals surface area contributed by atoms with Crippen molar-refractivity contribution >= 4 is 54.4 Å². The molecule has 1 heterocycles. The maximum atomic E-state index is 6.14. The fourth-order valence-corrected chi connectivity index (χ4v) is 2.85. The lowest BCUT2D eigenvalue weighted by Crippen LogP contribution is -1.90. The SMILES string of the molecule is Cc1nc2c(C)cc(Br)cc2c(Br)c1Cl. The highest BCUT2D eigenvalue weighted by Crippen LogP contribution is 2.34. The van der Waals surface area contributed by atoms with Gasteiger partial charge < -0.3 is 0 Å². The Morgan fingerprint density at radius 3 is 2.53 bits per heavy atom. The summed E-state index contributed by atoms with van der Waals surface area (Å²) in [5.74, 6) is 0. The summed E-state index contributed by atoms with van der Waals surface area (Å²) < 4.78 is 1.95. The van der Waals surface area contributed by atoms with Crippen LogP contribution >= 0.6 is 43.5 Å². The van der Waals surface area contributed by atoms with Crippen LogP contribution in [0.3, 0.4) is 0 Å². The van der Waals surface area contributed by atoms with Gasteiger partial charge in [0.25, 0.3) is 0 Å². The molecule has 0 unspecified atom stereocenters. The predicted octanol–water partition coefficient (Wildman–Crippen LogP) is 5.03. The molecule has 0 N–H and O–H groups in total. The first-order chi connectivity index (χ1) is 7.00.